The van der Waals surface area contributed by atoms with E-state index in [2.05, 4.69) is 0 Å². The maximum atomic E-state index is 11.8. The Morgan fingerprint density at radius 1 is 1.39 bits per heavy atom. The monoisotopic (exact) mass is 250 g/mol. The van der Waals surface area contributed by atoms with E-state index in [-0.39, 0.29) is 12.5 Å². The van der Waals surface area contributed by atoms with Crippen molar-refractivity contribution in [3.05, 3.63) is 29.3 Å². The van der Waals surface area contributed by atoms with Crippen molar-refractivity contribution < 1.29 is 9.53 Å². The molecule has 0 saturated heterocycles. The van der Waals surface area contributed by atoms with Gasteiger partial charge in [0.05, 0.1) is 0 Å². The summed E-state index contributed by atoms with van der Waals surface area (Å²) in [6.45, 7) is 5.36. The van der Waals surface area contributed by atoms with Crippen LogP contribution in [-0.4, -0.2) is 37.6 Å². The van der Waals surface area contributed by atoms with Crippen LogP contribution in [0.1, 0.15) is 17.5 Å². The van der Waals surface area contributed by atoms with Gasteiger partial charge in [-0.1, -0.05) is 12.1 Å². The number of carbonyl (C=O) groups excluding carboxylic acids is 1. The third-order valence-electron chi connectivity index (χ3n) is 3.03. The van der Waals surface area contributed by atoms with E-state index in [4.69, 9.17) is 10.5 Å². The lowest BCUT2D eigenvalue weighted by molar-refractivity contribution is -0.132. The Balaban J connectivity index is 2.49. The summed E-state index contributed by atoms with van der Waals surface area (Å²) in [5, 5.41) is 0. The van der Waals surface area contributed by atoms with Gasteiger partial charge in [0.25, 0.3) is 5.91 Å². The smallest absolute Gasteiger partial charge is 0.260 e. The third-order valence-corrected chi connectivity index (χ3v) is 3.03. The van der Waals surface area contributed by atoms with Crippen molar-refractivity contribution in [3.8, 4) is 5.75 Å². The maximum absolute atomic E-state index is 11.8. The molecule has 0 aliphatic rings. The molecule has 0 heterocycles. The third kappa shape index (κ3) is 4.04. The van der Waals surface area contributed by atoms with Gasteiger partial charge in [-0.3, -0.25) is 4.79 Å². The summed E-state index contributed by atoms with van der Waals surface area (Å²) in [6.07, 6.45) is 0.811. The number of nitrogens with two attached hydrogens (primary N) is 1. The van der Waals surface area contributed by atoms with Gasteiger partial charge in [-0.05, 0) is 44.0 Å². The molecule has 0 atom stereocenters. The van der Waals surface area contributed by atoms with Crippen molar-refractivity contribution in [1.29, 1.82) is 0 Å². The zero-order valence-electron chi connectivity index (χ0n) is 11.4. The molecule has 1 aromatic rings. The summed E-state index contributed by atoms with van der Waals surface area (Å²) < 4.78 is 5.56. The fourth-order valence-electron chi connectivity index (χ4n) is 1.58. The number of benzene rings is 1. The van der Waals surface area contributed by atoms with Crippen LogP contribution in [0.15, 0.2) is 18.2 Å². The molecule has 0 aliphatic carbocycles. The second kappa shape index (κ2) is 7.01. The second-order valence-electron chi connectivity index (χ2n) is 4.44. The van der Waals surface area contributed by atoms with E-state index in [9.17, 15) is 4.79 Å². The predicted octanol–water partition coefficient (Wildman–Crippen LogP) is 1.49. The van der Waals surface area contributed by atoms with Crippen LogP contribution in [0.3, 0.4) is 0 Å². The number of amides is 1. The number of aryl methyl sites for hydroxylation is 1. The Morgan fingerprint density at radius 2 is 2.11 bits per heavy atom. The molecule has 0 fully saturated rings. The molecular formula is C14H22N2O2. The van der Waals surface area contributed by atoms with Gasteiger partial charge < -0.3 is 15.4 Å². The minimum absolute atomic E-state index is 0.0237. The van der Waals surface area contributed by atoms with Crippen molar-refractivity contribution in [1.82, 2.24) is 4.90 Å². The van der Waals surface area contributed by atoms with Gasteiger partial charge in [-0.15, -0.1) is 0 Å². The van der Waals surface area contributed by atoms with Gasteiger partial charge in [-0.2, -0.15) is 0 Å². The van der Waals surface area contributed by atoms with E-state index in [1.807, 2.05) is 32.0 Å². The lowest BCUT2D eigenvalue weighted by Gasteiger charge is -2.17. The van der Waals surface area contributed by atoms with Crippen LogP contribution in [0.5, 0.6) is 5.75 Å². The minimum atomic E-state index is -0.0237. The first kappa shape index (κ1) is 14.5. The Hall–Kier alpha value is -1.55. The molecule has 1 aromatic carbocycles. The SMILES string of the molecule is Cc1cccc(OCC(=O)N(C)CCCN)c1C. The van der Waals surface area contributed by atoms with Gasteiger partial charge >= 0.3 is 0 Å². The quantitative estimate of drug-likeness (QED) is 0.832. The average molecular weight is 250 g/mol. The van der Waals surface area contributed by atoms with E-state index in [0.29, 0.717) is 13.1 Å². The zero-order valence-corrected chi connectivity index (χ0v) is 11.4. The number of carbonyl (C=O) groups is 1. The predicted molar refractivity (Wildman–Crippen MR) is 72.7 cm³/mol. The van der Waals surface area contributed by atoms with Crippen LogP contribution < -0.4 is 10.5 Å². The molecule has 0 aliphatic heterocycles. The normalized spacial score (nSPS) is 10.2. The molecule has 0 radical (unpaired) electrons. The summed E-state index contributed by atoms with van der Waals surface area (Å²) in [6, 6.07) is 5.84. The van der Waals surface area contributed by atoms with Gasteiger partial charge in [0.2, 0.25) is 0 Å². The molecule has 100 valence electrons. The fraction of sp³-hybridized carbons (Fsp3) is 0.500. The lowest BCUT2D eigenvalue weighted by atomic mass is 10.1. The Morgan fingerprint density at radius 3 is 2.78 bits per heavy atom. The number of hydrogen-bond donors (Lipinski definition) is 1. The number of nitrogens with zero attached hydrogens (tertiary/aromatic N) is 1. The summed E-state index contributed by atoms with van der Waals surface area (Å²) in [5.41, 5.74) is 7.65. The number of rotatable bonds is 6. The molecule has 0 aromatic heterocycles. The van der Waals surface area contributed by atoms with E-state index < -0.39 is 0 Å². The van der Waals surface area contributed by atoms with Crippen LogP contribution in [0, 0.1) is 13.8 Å². The molecule has 0 bridgehead atoms. The van der Waals surface area contributed by atoms with Gasteiger partial charge in [-0.25, -0.2) is 0 Å². The number of hydrogen-bond acceptors (Lipinski definition) is 3. The molecule has 18 heavy (non-hydrogen) atoms. The number of likely N-dealkylation sites (N-methyl/N-ethyl adjacent to an activating group) is 1. The first-order valence-electron chi connectivity index (χ1n) is 6.19. The molecule has 4 nitrogen and oxygen atoms in total. The maximum Gasteiger partial charge on any atom is 0.260 e. The van der Waals surface area contributed by atoms with Gasteiger partial charge in [0, 0.05) is 13.6 Å². The first-order chi connectivity index (χ1) is 8.56. The summed E-state index contributed by atoms with van der Waals surface area (Å²) in [7, 11) is 1.77. The van der Waals surface area contributed by atoms with Crippen LogP contribution in [0.2, 0.25) is 0 Å². The zero-order chi connectivity index (χ0) is 13.5. The van der Waals surface area contributed by atoms with Crippen LogP contribution >= 0.6 is 0 Å². The Labute approximate surface area is 109 Å². The topological polar surface area (TPSA) is 55.6 Å². The van der Waals surface area contributed by atoms with Crippen LogP contribution in [-0.2, 0) is 4.79 Å². The van der Waals surface area contributed by atoms with Crippen LogP contribution in [0.4, 0.5) is 0 Å². The highest BCUT2D eigenvalue weighted by Gasteiger charge is 2.10. The van der Waals surface area contributed by atoms with Crippen molar-refractivity contribution in [2.45, 2.75) is 20.3 Å². The highest BCUT2D eigenvalue weighted by molar-refractivity contribution is 5.77. The highest BCUT2D eigenvalue weighted by Crippen LogP contribution is 2.20. The Kier molecular flexibility index (Phi) is 5.65. The second-order valence-corrected chi connectivity index (χ2v) is 4.44. The van der Waals surface area contributed by atoms with E-state index in [1.54, 1.807) is 11.9 Å². The first-order valence-corrected chi connectivity index (χ1v) is 6.19. The molecule has 0 saturated carbocycles. The van der Waals surface area contributed by atoms with Crippen LogP contribution in [0.25, 0.3) is 0 Å². The standard InChI is InChI=1S/C14H22N2O2/c1-11-6-4-7-13(12(11)2)18-10-14(17)16(3)9-5-8-15/h4,6-7H,5,8-10,15H2,1-3H3. The molecular weight excluding hydrogens is 228 g/mol. The summed E-state index contributed by atoms with van der Waals surface area (Å²) >= 11 is 0. The van der Waals surface area contributed by atoms with Gasteiger partial charge in [0.1, 0.15) is 5.75 Å². The molecule has 1 rings (SSSR count). The molecule has 0 unspecified atom stereocenters. The van der Waals surface area contributed by atoms with Gasteiger partial charge in [0.15, 0.2) is 6.61 Å². The highest BCUT2D eigenvalue weighted by atomic mass is 16.5. The summed E-state index contributed by atoms with van der Waals surface area (Å²) in [5.74, 6) is 0.750. The van der Waals surface area contributed by atoms with Crippen molar-refractivity contribution in [2.24, 2.45) is 5.73 Å². The molecule has 0 spiro atoms. The van der Waals surface area contributed by atoms with E-state index >= 15 is 0 Å². The van der Waals surface area contributed by atoms with Crippen molar-refractivity contribution >= 4 is 5.91 Å². The average Bonchev–Trinajstić information content (AvgIpc) is 2.37. The largest absolute Gasteiger partial charge is 0.483 e. The van der Waals surface area contributed by atoms with Crippen molar-refractivity contribution in [3.63, 3.8) is 0 Å². The number of ether oxygens (including phenoxy) is 1. The summed E-state index contributed by atoms with van der Waals surface area (Å²) in [4.78, 5) is 13.4. The molecule has 4 heteroatoms. The lowest BCUT2D eigenvalue weighted by Crippen LogP contribution is -2.33. The molecule has 1 amide bonds. The minimum Gasteiger partial charge on any atom is -0.483 e. The fourth-order valence-corrected chi connectivity index (χ4v) is 1.58. The van der Waals surface area contributed by atoms with Crippen molar-refractivity contribution in [2.75, 3.05) is 26.7 Å². The van der Waals surface area contributed by atoms with E-state index in [0.717, 1.165) is 23.3 Å². The Bertz CT molecular complexity index is 405. The molecule has 2 N–H and O–H groups in total. The van der Waals surface area contributed by atoms with E-state index in [1.165, 1.54) is 0 Å².